The summed E-state index contributed by atoms with van der Waals surface area (Å²) in [5.41, 5.74) is 6.33. The van der Waals surface area contributed by atoms with Crippen LogP contribution in [0, 0.1) is 13.8 Å². The van der Waals surface area contributed by atoms with Crippen molar-refractivity contribution in [1.29, 1.82) is 0 Å². The number of likely N-dealkylation sites (tertiary alicyclic amines) is 1. The minimum absolute atomic E-state index is 0.00114. The van der Waals surface area contributed by atoms with Crippen LogP contribution in [0.2, 0.25) is 0 Å². The van der Waals surface area contributed by atoms with Gasteiger partial charge in [-0.15, -0.1) is 0 Å². The zero-order valence-electron chi connectivity index (χ0n) is 22.6. The van der Waals surface area contributed by atoms with Crippen LogP contribution in [-0.4, -0.2) is 51.9 Å². The maximum atomic E-state index is 14.3. The lowest BCUT2D eigenvalue weighted by atomic mass is 9.83. The number of rotatable bonds is 6. The molecule has 0 aliphatic carbocycles. The predicted octanol–water partition coefficient (Wildman–Crippen LogP) is 5.45. The SMILES string of the molecule is C=CC(=C)N1CC(NC(=O)Cn2c(C)c(C(=O)N3CCc4ccccc4C3(C)C)c3cc(Br)cc(C)c32)C1. The monoisotopic (exact) mass is 574 g/mol. The van der Waals surface area contributed by atoms with Crippen LogP contribution >= 0.6 is 15.9 Å². The van der Waals surface area contributed by atoms with Gasteiger partial charge < -0.3 is 19.7 Å². The molecule has 2 amide bonds. The first kappa shape index (κ1) is 26.3. The number of hydrogen-bond acceptors (Lipinski definition) is 3. The van der Waals surface area contributed by atoms with Crippen molar-refractivity contribution < 1.29 is 9.59 Å². The van der Waals surface area contributed by atoms with Crippen LogP contribution in [0.3, 0.4) is 0 Å². The van der Waals surface area contributed by atoms with Gasteiger partial charge in [0, 0.05) is 40.9 Å². The van der Waals surface area contributed by atoms with Crippen molar-refractivity contribution in [3.63, 3.8) is 0 Å². The zero-order chi connectivity index (χ0) is 27.4. The number of aryl methyl sites for hydroxylation is 1. The van der Waals surface area contributed by atoms with Crippen molar-refractivity contribution in [2.75, 3.05) is 19.6 Å². The highest BCUT2D eigenvalue weighted by molar-refractivity contribution is 9.10. The van der Waals surface area contributed by atoms with E-state index in [2.05, 4.69) is 71.4 Å². The topological polar surface area (TPSA) is 57.6 Å². The van der Waals surface area contributed by atoms with E-state index in [1.807, 2.05) is 41.5 Å². The van der Waals surface area contributed by atoms with Gasteiger partial charge in [-0.05, 0) is 69.0 Å². The third-order valence-corrected chi connectivity index (χ3v) is 8.63. The second-order valence-corrected chi connectivity index (χ2v) is 11.9. The van der Waals surface area contributed by atoms with Gasteiger partial charge in [-0.25, -0.2) is 0 Å². The van der Waals surface area contributed by atoms with E-state index in [9.17, 15) is 9.59 Å². The molecule has 2 aliphatic rings. The second kappa shape index (κ2) is 9.77. The maximum Gasteiger partial charge on any atom is 0.257 e. The predicted molar refractivity (Wildman–Crippen MR) is 156 cm³/mol. The number of nitrogens with one attached hydrogen (secondary N) is 1. The van der Waals surface area contributed by atoms with Gasteiger partial charge >= 0.3 is 0 Å². The molecule has 1 saturated heterocycles. The average Bonchev–Trinajstić information content (AvgIpc) is 3.11. The number of nitrogens with zero attached hydrogens (tertiary/aromatic N) is 3. The summed E-state index contributed by atoms with van der Waals surface area (Å²) in [4.78, 5) is 31.6. The molecular weight excluding hydrogens is 540 g/mol. The Balaban J connectivity index is 1.48. The van der Waals surface area contributed by atoms with Gasteiger partial charge in [-0.1, -0.05) is 53.4 Å². The van der Waals surface area contributed by atoms with E-state index in [0.29, 0.717) is 12.1 Å². The fourth-order valence-electron chi connectivity index (χ4n) is 6.08. The van der Waals surface area contributed by atoms with Crippen LogP contribution in [0.15, 0.2) is 65.8 Å². The van der Waals surface area contributed by atoms with Crippen molar-refractivity contribution in [3.05, 3.63) is 93.7 Å². The molecule has 3 heterocycles. The van der Waals surface area contributed by atoms with Gasteiger partial charge in [-0.2, -0.15) is 0 Å². The standard InChI is InChI=1S/C31H35BrN4O2/c1-7-20(3)34-16-24(17-34)33-27(37)18-35-21(4)28(25-15-23(32)14-19(2)29(25)35)30(38)36-13-12-22-10-8-9-11-26(22)31(36,5)6/h7-11,14-15,24H,1,3,12-13,16-18H2,2,4-6H3,(H,33,37). The highest BCUT2D eigenvalue weighted by atomic mass is 79.9. The summed E-state index contributed by atoms with van der Waals surface area (Å²) in [6, 6.07) is 12.5. The summed E-state index contributed by atoms with van der Waals surface area (Å²) < 4.78 is 2.92. The average molecular weight is 576 g/mol. The van der Waals surface area contributed by atoms with Gasteiger partial charge in [0.2, 0.25) is 5.91 Å². The molecule has 198 valence electrons. The van der Waals surface area contributed by atoms with Crippen LogP contribution in [0.25, 0.3) is 10.9 Å². The van der Waals surface area contributed by atoms with Crippen LogP contribution in [-0.2, 0) is 23.3 Å². The molecule has 7 heteroatoms. The molecule has 0 radical (unpaired) electrons. The lowest BCUT2D eigenvalue weighted by Gasteiger charge is -2.44. The molecule has 0 unspecified atom stereocenters. The molecule has 1 fully saturated rings. The Labute approximate surface area is 233 Å². The second-order valence-electron chi connectivity index (χ2n) is 11.0. The molecule has 2 aromatic carbocycles. The number of carbonyl (C=O) groups is 2. The molecule has 0 saturated carbocycles. The highest BCUT2D eigenvalue weighted by Gasteiger charge is 2.39. The molecule has 1 aromatic heterocycles. The van der Waals surface area contributed by atoms with Crippen molar-refractivity contribution in [2.45, 2.75) is 52.2 Å². The number of amides is 2. The highest BCUT2D eigenvalue weighted by Crippen LogP contribution is 2.39. The minimum atomic E-state index is -0.448. The molecule has 1 N–H and O–H groups in total. The van der Waals surface area contributed by atoms with Gasteiger partial charge in [-0.3, -0.25) is 9.59 Å². The van der Waals surface area contributed by atoms with Crippen LogP contribution in [0.5, 0.6) is 0 Å². The first-order chi connectivity index (χ1) is 18.0. The summed E-state index contributed by atoms with van der Waals surface area (Å²) in [5, 5.41) is 4.02. The van der Waals surface area contributed by atoms with Crippen LogP contribution in [0.1, 0.15) is 46.6 Å². The third-order valence-electron chi connectivity index (χ3n) is 8.18. The maximum absolute atomic E-state index is 14.3. The summed E-state index contributed by atoms with van der Waals surface area (Å²) in [7, 11) is 0. The normalized spacial score (nSPS) is 16.7. The molecule has 0 atom stereocenters. The smallest absolute Gasteiger partial charge is 0.257 e. The van der Waals surface area contributed by atoms with E-state index in [1.54, 1.807) is 6.08 Å². The van der Waals surface area contributed by atoms with Gasteiger partial charge in [0.15, 0.2) is 0 Å². The first-order valence-corrected chi connectivity index (χ1v) is 13.9. The quantitative estimate of drug-likeness (QED) is 0.398. The van der Waals surface area contributed by atoms with E-state index in [-0.39, 0.29) is 24.4 Å². The van der Waals surface area contributed by atoms with Gasteiger partial charge in [0.05, 0.1) is 22.7 Å². The number of halogens is 1. The van der Waals surface area contributed by atoms with Gasteiger partial charge in [0.25, 0.3) is 5.91 Å². The lowest BCUT2D eigenvalue weighted by molar-refractivity contribution is -0.123. The molecule has 5 rings (SSSR count). The molecule has 6 nitrogen and oxygen atoms in total. The fraction of sp³-hybridized carbons (Fsp3) is 0.355. The summed E-state index contributed by atoms with van der Waals surface area (Å²) in [6.07, 6.45) is 2.56. The van der Waals surface area contributed by atoms with E-state index in [4.69, 9.17) is 0 Å². The van der Waals surface area contributed by atoms with E-state index in [1.165, 1.54) is 11.1 Å². The van der Waals surface area contributed by atoms with Crippen LogP contribution in [0.4, 0.5) is 0 Å². The summed E-state index contributed by atoms with van der Waals surface area (Å²) in [5.74, 6) is -0.0614. The molecular formula is C31H35BrN4O2. The number of carbonyl (C=O) groups excluding carboxylic acids is 2. The molecule has 2 aliphatic heterocycles. The van der Waals surface area contributed by atoms with Crippen molar-refractivity contribution in [3.8, 4) is 0 Å². The van der Waals surface area contributed by atoms with Crippen molar-refractivity contribution >= 4 is 38.6 Å². The third kappa shape index (κ3) is 4.37. The Morgan fingerprint density at radius 3 is 2.61 bits per heavy atom. The first-order valence-electron chi connectivity index (χ1n) is 13.1. The molecule has 38 heavy (non-hydrogen) atoms. The Bertz CT molecular complexity index is 1480. The molecule has 3 aromatic rings. The van der Waals surface area contributed by atoms with Crippen molar-refractivity contribution in [1.82, 2.24) is 19.7 Å². The van der Waals surface area contributed by atoms with E-state index >= 15 is 0 Å². The van der Waals surface area contributed by atoms with E-state index in [0.717, 1.165) is 51.8 Å². The van der Waals surface area contributed by atoms with Crippen LogP contribution < -0.4 is 5.32 Å². The number of benzene rings is 2. The summed E-state index contributed by atoms with van der Waals surface area (Å²) >= 11 is 3.63. The Morgan fingerprint density at radius 1 is 1.18 bits per heavy atom. The fourth-order valence-corrected chi connectivity index (χ4v) is 6.65. The van der Waals surface area contributed by atoms with E-state index < -0.39 is 5.54 Å². The Morgan fingerprint density at radius 2 is 1.89 bits per heavy atom. The number of aromatic nitrogens is 1. The summed E-state index contributed by atoms with van der Waals surface area (Å²) in [6.45, 7) is 18.2. The number of allylic oxidation sites excluding steroid dienone is 1. The molecule has 0 bridgehead atoms. The lowest BCUT2D eigenvalue weighted by Crippen LogP contribution is -2.58. The zero-order valence-corrected chi connectivity index (χ0v) is 24.2. The Kier molecular flexibility index (Phi) is 6.76. The van der Waals surface area contributed by atoms with Gasteiger partial charge in [0.1, 0.15) is 6.54 Å². The number of hydrogen-bond donors (Lipinski definition) is 1. The molecule has 0 spiro atoms. The minimum Gasteiger partial charge on any atom is -0.368 e. The number of fused-ring (bicyclic) bond motifs is 2. The largest absolute Gasteiger partial charge is 0.368 e. The van der Waals surface area contributed by atoms with Crippen molar-refractivity contribution in [2.24, 2.45) is 0 Å². The Hall–Kier alpha value is -3.32.